The second kappa shape index (κ2) is 6.60. The predicted octanol–water partition coefficient (Wildman–Crippen LogP) is -0.800. The number of nitrogens with two attached hydrogens (primary N) is 1. The van der Waals surface area contributed by atoms with Crippen LogP contribution in [0.15, 0.2) is 0 Å². The third-order valence-corrected chi connectivity index (χ3v) is 5.80. The Kier molecular flexibility index (Phi) is 5.09. The first-order valence-corrected chi connectivity index (χ1v) is 8.45. The van der Waals surface area contributed by atoms with Crippen LogP contribution in [0, 0.1) is 0 Å². The zero-order valence-electron chi connectivity index (χ0n) is 13.4. The second-order valence-corrected chi connectivity index (χ2v) is 8.25. The zero-order chi connectivity index (χ0) is 18.2. The lowest BCUT2D eigenvalue weighted by Crippen LogP contribution is -2.70. The van der Waals surface area contributed by atoms with E-state index >= 15 is 0 Å². The van der Waals surface area contributed by atoms with Gasteiger partial charge < -0.3 is 26.2 Å². The number of thioether (sulfide) groups is 1. The Morgan fingerprint density at radius 1 is 1.38 bits per heavy atom. The summed E-state index contributed by atoms with van der Waals surface area (Å²) in [5, 5.41) is 20.2. The monoisotopic (exact) mass is 359 g/mol. The Balaban J connectivity index is 1.87. The summed E-state index contributed by atoms with van der Waals surface area (Å²) < 4.78 is -0.639. The molecule has 0 bridgehead atoms. The molecule has 9 nitrogen and oxygen atoms in total. The minimum absolute atomic E-state index is 0.0634. The van der Waals surface area contributed by atoms with Crippen molar-refractivity contribution in [2.24, 2.45) is 5.73 Å². The molecule has 5 N–H and O–H groups in total. The molecular weight excluding hydrogens is 338 g/mol. The fourth-order valence-electron chi connectivity index (χ4n) is 3.00. The van der Waals surface area contributed by atoms with Gasteiger partial charge in [0.15, 0.2) is 0 Å². The smallest absolute Gasteiger partial charge is 0.327 e. The topological polar surface area (TPSA) is 150 Å². The number of carbonyl (C=O) groups excluding carboxylic acids is 2. The van der Waals surface area contributed by atoms with Crippen molar-refractivity contribution in [1.82, 2.24) is 10.2 Å². The molecule has 2 aliphatic heterocycles. The molecule has 0 aromatic carbocycles. The van der Waals surface area contributed by atoms with E-state index in [9.17, 15) is 24.3 Å². The van der Waals surface area contributed by atoms with Gasteiger partial charge >= 0.3 is 11.9 Å². The first-order chi connectivity index (χ1) is 11.1. The van der Waals surface area contributed by atoms with Gasteiger partial charge in [-0.1, -0.05) is 0 Å². The van der Waals surface area contributed by atoms with Crippen LogP contribution < -0.4 is 11.1 Å². The average molecular weight is 359 g/mol. The minimum atomic E-state index is -1.12. The number of carbonyl (C=O) groups is 4. The highest BCUT2D eigenvalue weighted by Gasteiger charge is 2.64. The molecule has 2 rings (SSSR count). The summed E-state index contributed by atoms with van der Waals surface area (Å²) in [6.07, 6.45) is 0.526. The standard InChI is InChI=1S/C14H21N3O6S/c1-14(2)9(13(22)23)17-10(19)8(11(17)24-14)16-7(18)5-3-4-6(15)12(20)21/h6,8-9,11H,3-5,15H2,1-2H3,(H,16,18)(H,20,21)(H,22,23)/t6-,8+,9+,11-/m0/s1. The number of hydrogen-bond donors (Lipinski definition) is 4. The first kappa shape index (κ1) is 18.5. The average Bonchev–Trinajstić information content (AvgIpc) is 2.73. The summed E-state index contributed by atoms with van der Waals surface area (Å²) in [7, 11) is 0. The van der Waals surface area contributed by atoms with E-state index in [-0.39, 0.29) is 24.1 Å². The molecular formula is C14H21N3O6S. The summed E-state index contributed by atoms with van der Waals surface area (Å²) in [5.41, 5.74) is 5.36. The summed E-state index contributed by atoms with van der Waals surface area (Å²) in [4.78, 5) is 47.4. The van der Waals surface area contributed by atoms with Crippen LogP contribution in [0.3, 0.4) is 0 Å². The Morgan fingerprint density at radius 3 is 2.54 bits per heavy atom. The van der Waals surface area contributed by atoms with Gasteiger partial charge in [0.1, 0.15) is 23.5 Å². The molecule has 2 heterocycles. The molecule has 4 atom stereocenters. The third kappa shape index (κ3) is 3.34. The molecule has 24 heavy (non-hydrogen) atoms. The molecule has 2 fully saturated rings. The summed E-state index contributed by atoms with van der Waals surface area (Å²) in [5.74, 6) is -2.95. The Hall–Kier alpha value is -1.81. The fourth-order valence-corrected chi connectivity index (χ4v) is 4.62. The van der Waals surface area contributed by atoms with Gasteiger partial charge in [0.2, 0.25) is 11.8 Å². The second-order valence-electron chi connectivity index (χ2n) is 6.48. The molecule has 10 heteroatoms. The highest BCUT2D eigenvalue weighted by Crippen LogP contribution is 2.50. The maximum Gasteiger partial charge on any atom is 0.327 e. The van der Waals surface area contributed by atoms with Crippen LogP contribution in [0.1, 0.15) is 33.1 Å². The number of fused-ring (bicyclic) bond motifs is 1. The number of nitrogens with zero attached hydrogens (tertiary/aromatic N) is 1. The van der Waals surface area contributed by atoms with Gasteiger partial charge in [0.25, 0.3) is 0 Å². The molecule has 0 unspecified atom stereocenters. The highest BCUT2D eigenvalue weighted by atomic mass is 32.2. The summed E-state index contributed by atoms with van der Waals surface area (Å²) >= 11 is 1.35. The zero-order valence-corrected chi connectivity index (χ0v) is 14.2. The molecule has 2 aliphatic rings. The number of nitrogens with one attached hydrogen (secondary N) is 1. The van der Waals surface area contributed by atoms with Crippen molar-refractivity contribution >= 4 is 35.5 Å². The molecule has 2 amide bonds. The Bertz CT molecular complexity index is 581. The largest absolute Gasteiger partial charge is 0.480 e. The normalized spacial score (nSPS) is 28.7. The van der Waals surface area contributed by atoms with Gasteiger partial charge in [-0.2, -0.15) is 0 Å². The van der Waals surface area contributed by atoms with Crippen LogP contribution in [0.25, 0.3) is 0 Å². The van der Waals surface area contributed by atoms with E-state index in [0.29, 0.717) is 6.42 Å². The van der Waals surface area contributed by atoms with Gasteiger partial charge in [-0.3, -0.25) is 14.4 Å². The van der Waals surface area contributed by atoms with Crippen molar-refractivity contribution in [3.8, 4) is 0 Å². The molecule has 2 saturated heterocycles. The number of aliphatic carboxylic acids is 2. The van der Waals surface area contributed by atoms with Crippen LogP contribution in [0.5, 0.6) is 0 Å². The molecule has 0 radical (unpaired) electrons. The van der Waals surface area contributed by atoms with Crippen molar-refractivity contribution in [2.45, 2.75) is 61.4 Å². The van der Waals surface area contributed by atoms with Gasteiger partial charge in [-0.15, -0.1) is 11.8 Å². The van der Waals surface area contributed by atoms with E-state index in [0.717, 1.165) is 0 Å². The van der Waals surface area contributed by atoms with Crippen LogP contribution in [0.2, 0.25) is 0 Å². The Morgan fingerprint density at radius 2 is 2.00 bits per heavy atom. The van der Waals surface area contributed by atoms with Gasteiger partial charge in [0.05, 0.1) is 0 Å². The van der Waals surface area contributed by atoms with E-state index in [4.69, 9.17) is 10.8 Å². The van der Waals surface area contributed by atoms with Crippen LogP contribution in [-0.2, 0) is 19.2 Å². The van der Waals surface area contributed by atoms with Crippen LogP contribution >= 0.6 is 11.8 Å². The van der Waals surface area contributed by atoms with Crippen LogP contribution in [0.4, 0.5) is 0 Å². The first-order valence-electron chi connectivity index (χ1n) is 7.57. The van der Waals surface area contributed by atoms with Crippen molar-refractivity contribution in [1.29, 1.82) is 0 Å². The fraction of sp³-hybridized carbons (Fsp3) is 0.714. The van der Waals surface area contributed by atoms with E-state index in [1.165, 1.54) is 16.7 Å². The molecule has 134 valence electrons. The molecule has 0 aliphatic carbocycles. The minimum Gasteiger partial charge on any atom is -0.480 e. The van der Waals surface area contributed by atoms with Crippen molar-refractivity contribution in [3.63, 3.8) is 0 Å². The van der Waals surface area contributed by atoms with E-state index < -0.39 is 40.7 Å². The van der Waals surface area contributed by atoms with E-state index in [1.807, 2.05) is 0 Å². The summed E-state index contributed by atoms with van der Waals surface area (Å²) in [6, 6.07) is -2.66. The van der Waals surface area contributed by atoms with Crippen molar-refractivity contribution < 1.29 is 29.4 Å². The van der Waals surface area contributed by atoms with E-state index in [2.05, 4.69) is 5.32 Å². The highest BCUT2D eigenvalue weighted by molar-refractivity contribution is 8.01. The molecule has 0 saturated carbocycles. The summed E-state index contributed by atoms with van der Waals surface area (Å²) in [6.45, 7) is 3.52. The number of hydrogen-bond acceptors (Lipinski definition) is 6. The molecule has 0 spiro atoms. The van der Waals surface area contributed by atoms with Crippen molar-refractivity contribution in [3.05, 3.63) is 0 Å². The Labute approximate surface area is 142 Å². The lowest BCUT2D eigenvalue weighted by Gasteiger charge is -2.43. The number of amides is 2. The van der Waals surface area contributed by atoms with Crippen LogP contribution in [-0.4, -0.2) is 67.1 Å². The van der Waals surface area contributed by atoms with Gasteiger partial charge in [-0.25, -0.2) is 4.79 Å². The number of rotatable bonds is 7. The molecule has 0 aromatic rings. The number of carboxylic acids is 2. The predicted molar refractivity (Wildman–Crippen MR) is 85.1 cm³/mol. The lowest BCUT2D eigenvalue weighted by atomic mass is 9.96. The van der Waals surface area contributed by atoms with Crippen molar-refractivity contribution in [2.75, 3.05) is 0 Å². The maximum absolute atomic E-state index is 12.2. The lowest BCUT2D eigenvalue weighted by molar-refractivity contribution is -0.161. The molecule has 0 aromatic heterocycles. The van der Waals surface area contributed by atoms with Gasteiger partial charge in [-0.05, 0) is 26.7 Å². The van der Waals surface area contributed by atoms with Gasteiger partial charge in [0, 0.05) is 11.2 Å². The maximum atomic E-state index is 12.2. The van der Waals surface area contributed by atoms with E-state index in [1.54, 1.807) is 13.8 Å². The number of β-lactam (4-membered cyclic amide) rings is 1. The quantitative estimate of drug-likeness (QED) is 0.431. The number of carboxylic acid groups (broad SMARTS) is 2. The third-order valence-electron chi connectivity index (χ3n) is 4.23. The SMILES string of the molecule is CC1(C)S[C@H]2[C@H](NC(=O)CCC[C@H](N)C(=O)O)C(=O)N2[C@@H]1C(=O)O.